The molecule has 1 aliphatic heterocycles. The van der Waals surface area contributed by atoms with Gasteiger partial charge in [-0.1, -0.05) is 104 Å². The molecule has 0 amide bonds. The van der Waals surface area contributed by atoms with Crippen molar-refractivity contribution in [2.75, 3.05) is 9.62 Å². The van der Waals surface area contributed by atoms with E-state index in [-0.39, 0.29) is 7.12 Å². The quantitative estimate of drug-likeness (QED) is 0.380. The topological polar surface area (TPSA) is 32.5 Å². The van der Waals surface area contributed by atoms with Gasteiger partial charge < -0.3 is 15.3 Å². The smallest absolute Gasteiger partial charge is 0.349 e. The number of para-hydroxylation sites is 4. The number of fused-ring (bicyclic) bond motifs is 1. The van der Waals surface area contributed by atoms with Crippen molar-refractivity contribution in [3.05, 3.63) is 82.9 Å². The van der Waals surface area contributed by atoms with Crippen LogP contribution in [0, 0.1) is 0 Å². The molecule has 0 fully saturated rings. The molecule has 3 nitrogen and oxygen atoms in total. The number of rotatable bonds is 6. The van der Waals surface area contributed by atoms with E-state index in [9.17, 15) is 0 Å². The molecule has 178 valence electrons. The molecule has 0 saturated carbocycles. The van der Waals surface area contributed by atoms with Gasteiger partial charge in [0.05, 0.1) is 11.4 Å². The van der Waals surface area contributed by atoms with Gasteiger partial charge in [-0.2, -0.15) is 0 Å². The first kappa shape index (κ1) is 24.4. The highest BCUT2D eigenvalue weighted by Gasteiger charge is 2.43. The highest BCUT2D eigenvalue weighted by Crippen LogP contribution is 2.51. The highest BCUT2D eigenvalue weighted by molar-refractivity contribution is 6.70. The largest absolute Gasteiger partial charge is 0.474 e. The lowest BCUT2D eigenvalue weighted by Crippen LogP contribution is -2.52. The first-order valence-electron chi connectivity index (χ1n) is 12.8. The van der Waals surface area contributed by atoms with Gasteiger partial charge in [0.25, 0.3) is 0 Å². The van der Waals surface area contributed by atoms with E-state index in [4.69, 9.17) is 5.64 Å². The molecule has 0 bridgehead atoms. The molecule has 3 aromatic rings. The molecule has 1 aliphatic rings. The molecule has 34 heavy (non-hydrogen) atoms. The summed E-state index contributed by atoms with van der Waals surface area (Å²) in [5, 5.41) is 0. The van der Waals surface area contributed by atoms with E-state index >= 15 is 0 Å². The molecule has 0 aromatic heterocycles. The van der Waals surface area contributed by atoms with E-state index < -0.39 is 0 Å². The van der Waals surface area contributed by atoms with Crippen molar-refractivity contribution in [2.24, 2.45) is 5.64 Å². The molecule has 2 N–H and O–H groups in total. The number of anilines is 4. The molecule has 0 spiro atoms. The third-order valence-corrected chi connectivity index (χ3v) is 7.10. The van der Waals surface area contributed by atoms with Crippen molar-refractivity contribution >= 4 is 29.9 Å². The summed E-state index contributed by atoms with van der Waals surface area (Å²) >= 11 is 0. The van der Waals surface area contributed by atoms with Gasteiger partial charge in [-0.15, -0.1) is 0 Å². The number of nitrogens with two attached hydrogens (primary N) is 1. The van der Waals surface area contributed by atoms with Gasteiger partial charge in [0.2, 0.25) is 0 Å². The van der Waals surface area contributed by atoms with E-state index in [2.05, 4.69) is 126 Å². The number of hydrogen-bond acceptors (Lipinski definition) is 3. The van der Waals surface area contributed by atoms with Crippen molar-refractivity contribution in [2.45, 2.75) is 79.1 Å². The Kier molecular flexibility index (Phi) is 6.82. The summed E-state index contributed by atoms with van der Waals surface area (Å²) in [7, 11) is -0.327. The molecular weight excluding hydrogens is 413 g/mol. The minimum absolute atomic E-state index is 0.327. The molecule has 0 saturated heterocycles. The summed E-state index contributed by atoms with van der Waals surface area (Å²) < 4.78 is 0. The SMILES string of the molecule is CC(C)c1cccc(C(C)C)c1N1B(N)N(c2c(C(C)C)cccc2C(C)C)c2ccccc21. The van der Waals surface area contributed by atoms with Crippen LogP contribution < -0.4 is 15.3 Å². The number of nitrogens with zero attached hydrogens (tertiary/aromatic N) is 2. The molecule has 0 unspecified atom stereocenters. The van der Waals surface area contributed by atoms with Crippen LogP contribution in [0.2, 0.25) is 0 Å². The average molecular weight is 453 g/mol. The minimum atomic E-state index is -0.327. The second-order valence-electron chi connectivity index (χ2n) is 10.8. The Labute approximate surface area is 207 Å². The Morgan fingerprint density at radius 2 is 0.794 bits per heavy atom. The van der Waals surface area contributed by atoms with Gasteiger partial charge in [0.1, 0.15) is 0 Å². The van der Waals surface area contributed by atoms with Crippen molar-refractivity contribution in [3.63, 3.8) is 0 Å². The van der Waals surface area contributed by atoms with Crippen LogP contribution in [0.4, 0.5) is 22.7 Å². The summed E-state index contributed by atoms with van der Waals surface area (Å²) in [6, 6.07) is 22.2. The Balaban J connectivity index is 2.02. The van der Waals surface area contributed by atoms with Crippen molar-refractivity contribution in [1.82, 2.24) is 0 Å². The van der Waals surface area contributed by atoms with Crippen molar-refractivity contribution in [3.8, 4) is 0 Å². The van der Waals surface area contributed by atoms with Gasteiger partial charge in [0.15, 0.2) is 0 Å². The summed E-state index contributed by atoms with van der Waals surface area (Å²) in [4.78, 5) is 4.78. The highest BCUT2D eigenvalue weighted by atomic mass is 15.3. The minimum Gasteiger partial charge on any atom is -0.349 e. The Morgan fingerprint density at radius 1 is 0.500 bits per heavy atom. The number of benzene rings is 3. The third-order valence-electron chi connectivity index (χ3n) is 7.10. The predicted molar refractivity (Wildman–Crippen MR) is 150 cm³/mol. The number of hydrogen-bond donors (Lipinski definition) is 1. The maximum Gasteiger partial charge on any atom is 0.474 e. The van der Waals surface area contributed by atoms with Crippen LogP contribution in [0.3, 0.4) is 0 Å². The lowest BCUT2D eigenvalue weighted by Gasteiger charge is -2.34. The van der Waals surface area contributed by atoms with Crippen LogP contribution >= 0.6 is 0 Å². The second kappa shape index (κ2) is 9.50. The Hall–Kier alpha value is -2.72. The lowest BCUT2D eigenvalue weighted by atomic mass is 9.82. The van der Waals surface area contributed by atoms with Crippen LogP contribution in [-0.4, -0.2) is 7.12 Å². The fourth-order valence-corrected chi connectivity index (χ4v) is 5.36. The second-order valence-corrected chi connectivity index (χ2v) is 10.8. The predicted octanol–water partition coefficient (Wildman–Crippen LogP) is 8.41. The molecule has 1 heterocycles. The van der Waals surface area contributed by atoms with E-state index in [1.54, 1.807) is 0 Å². The van der Waals surface area contributed by atoms with Crippen LogP contribution in [0.5, 0.6) is 0 Å². The van der Waals surface area contributed by atoms with E-state index in [1.165, 1.54) is 45.0 Å². The van der Waals surface area contributed by atoms with Crippen LogP contribution in [-0.2, 0) is 0 Å². The normalized spacial score (nSPS) is 13.7. The van der Waals surface area contributed by atoms with Gasteiger partial charge in [0, 0.05) is 11.4 Å². The molecule has 4 heteroatoms. The monoisotopic (exact) mass is 453 g/mol. The van der Waals surface area contributed by atoms with E-state index in [0.717, 1.165) is 0 Å². The summed E-state index contributed by atoms with van der Waals surface area (Å²) in [6.07, 6.45) is 0. The molecule has 0 atom stereocenters. The van der Waals surface area contributed by atoms with E-state index in [0.29, 0.717) is 23.7 Å². The van der Waals surface area contributed by atoms with E-state index in [1.807, 2.05) is 0 Å². The van der Waals surface area contributed by atoms with Gasteiger partial charge in [-0.25, -0.2) is 0 Å². The van der Waals surface area contributed by atoms with Gasteiger partial charge in [-0.3, -0.25) is 0 Å². The zero-order valence-electron chi connectivity index (χ0n) is 22.1. The fraction of sp³-hybridized carbons (Fsp3) is 0.400. The van der Waals surface area contributed by atoms with Crippen LogP contribution in [0.15, 0.2) is 60.7 Å². The molecule has 0 radical (unpaired) electrons. The van der Waals surface area contributed by atoms with Gasteiger partial charge >= 0.3 is 7.12 Å². The third kappa shape index (κ3) is 4.03. The molecule has 3 aromatic carbocycles. The Morgan fingerprint density at radius 3 is 1.06 bits per heavy atom. The lowest BCUT2D eigenvalue weighted by molar-refractivity contribution is 0.832. The van der Waals surface area contributed by atoms with Crippen molar-refractivity contribution in [1.29, 1.82) is 0 Å². The summed E-state index contributed by atoms with van der Waals surface area (Å²) in [5.74, 6) is 1.60. The summed E-state index contributed by atoms with van der Waals surface area (Å²) in [5.41, 5.74) is 17.5. The molecule has 0 aliphatic carbocycles. The van der Waals surface area contributed by atoms with Crippen LogP contribution in [0.25, 0.3) is 0 Å². The molecule has 4 rings (SSSR count). The fourth-order valence-electron chi connectivity index (χ4n) is 5.36. The van der Waals surface area contributed by atoms with Crippen LogP contribution in [0.1, 0.15) is 101 Å². The zero-order chi connectivity index (χ0) is 24.7. The van der Waals surface area contributed by atoms with Crippen molar-refractivity contribution < 1.29 is 0 Å². The molecular formula is C30H40BN3. The summed E-state index contributed by atoms with van der Waals surface area (Å²) in [6.45, 7) is 18.2. The standard InChI is InChI=1S/C30H40BN3/c1-19(2)23-13-11-14-24(20(3)4)29(23)33-27-17-9-10-18-28(27)34(31(33)32)30-25(21(5)6)15-12-16-26(30)22(7)8/h9-22H,32H2,1-8H3. The maximum absolute atomic E-state index is 7.27. The maximum atomic E-state index is 7.27. The first-order chi connectivity index (χ1) is 16.1. The van der Waals surface area contributed by atoms with Gasteiger partial charge in [-0.05, 0) is 58.1 Å². The zero-order valence-corrected chi connectivity index (χ0v) is 22.1. The Bertz CT molecular complexity index is 1020. The first-order valence-corrected chi connectivity index (χ1v) is 12.8. The average Bonchev–Trinajstić information content (AvgIpc) is 3.08.